The SMILES string of the molecule is Cc1cc(OC(C)(c2cccc(Cl)c2)N2CCNCC2)c(C(C)C)cc1O.Cl. The molecule has 1 aliphatic rings. The number of benzene rings is 2. The minimum absolute atomic E-state index is 0. The Morgan fingerprint density at radius 1 is 1.18 bits per heavy atom. The maximum Gasteiger partial charge on any atom is 0.187 e. The van der Waals surface area contributed by atoms with Gasteiger partial charge in [-0.1, -0.05) is 37.6 Å². The molecule has 28 heavy (non-hydrogen) atoms. The van der Waals surface area contributed by atoms with Crippen molar-refractivity contribution in [2.75, 3.05) is 26.2 Å². The second-order valence-electron chi connectivity index (χ2n) is 7.66. The number of nitrogens with one attached hydrogen (secondary N) is 1. The number of rotatable bonds is 5. The Morgan fingerprint density at radius 3 is 2.46 bits per heavy atom. The number of phenols is 1. The first-order valence-corrected chi connectivity index (χ1v) is 9.93. The number of nitrogens with zero attached hydrogens (tertiary/aromatic N) is 1. The third kappa shape index (κ3) is 4.74. The highest BCUT2D eigenvalue weighted by atomic mass is 35.5. The molecule has 1 atom stereocenters. The van der Waals surface area contributed by atoms with Crippen molar-refractivity contribution in [2.45, 2.75) is 39.3 Å². The van der Waals surface area contributed by atoms with Gasteiger partial charge in [0.05, 0.1) is 0 Å². The second-order valence-corrected chi connectivity index (χ2v) is 8.10. The first kappa shape index (κ1) is 22.8. The fourth-order valence-corrected chi connectivity index (χ4v) is 3.80. The van der Waals surface area contributed by atoms with Gasteiger partial charge in [-0.3, -0.25) is 4.90 Å². The van der Waals surface area contributed by atoms with E-state index >= 15 is 0 Å². The molecule has 154 valence electrons. The van der Waals surface area contributed by atoms with Gasteiger partial charge in [0.2, 0.25) is 0 Å². The van der Waals surface area contributed by atoms with Gasteiger partial charge >= 0.3 is 0 Å². The average Bonchev–Trinajstić information content (AvgIpc) is 2.65. The van der Waals surface area contributed by atoms with Crippen molar-refractivity contribution in [3.05, 3.63) is 58.1 Å². The summed E-state index contributed by atoms with van der Waals surface area (Å²) in [5, 5.41) is 14.3. The highest BCUT2D eigenvalue weighted by Crippen LogP contribution is 2.39. The Bertz CT molecular complexity index is 807. The van der Waals surface area contributed by atoms with Gasteiger partial charge < -0.3 is 15.2 Å². The van der Waals surface area contributed by atoms with Crippen LogP contribution in [-0.2, 0) is 5.72 Å². The summed E-state index contributed by atoms with van der Waals surface area (Å²) in [5.74, 6) is 1.34. The fourth-order valence-electron chi connectivity index (χ4n) is 3.61. The Hall–Kier alpha value is -1.46. The first-order chi connectivity index (χ1) is 12.8. The van der Waals surface area contributed by atoms with Crippen molar-refractivity contribution in [1.29, 1.82) is 0 Å². The third-order valence-corrected chi connectivity index (χ3v) is 5.57. The molecule has 0 spiro atoms. The van der Waals surface area contributed by atoms with Crippen molar-refractivity contribution in [3.8, 4) is 11.5 Å². The van der Waals surface area contributed by atoms with E-state index in [0.29, 0.717) is 10.8 Å². The summed E-state index contributed by atoms with van der Waals surface area (Å²) in [5.41, 5.74) is 2.18. The van der Waals surface area contributed by atoms with Gasteiger partial charge in [0.1, 0.15) is 11.5 Å². The second kappa shape index (κ2) is 9.36. The number of hydrogen-bond donors (Lipinski definition) is 2. The lowest BCUT2D eigenvalue weighted by Gasteiger charge is -2.44. The molecule has 0 amide bonds. The van der Waals surface area contributed by atoms with E-state index in [9.17, 15) is 5.11 Å². The average molecular weight is 425 g/mol. The maximum absolute atomic E-state index is 10.2. The quantitative estimate of drug-likeness (QED) is 0.703. The molecule has 0 aromatic heterocycles. The molecule has 0 aliphatic carbocycles. The molecule has 2 aromatic carbocycles. The number of piperazine rings is 1. The number of phenolic OH excluding ortho intramolecular Hbond substituents is 1. The molecule has 6 heteroatoms. The lowest BCUT2D eigenvalue weighted by Crippen LogP contribution is -2.55. The zero-order chi connectivity index (χ0) is 19.6. The number of halogens is 2. The maximum atomic E-state index is 10.2. The highest BCUT2D eigenvalue weighted by Gasteiger charge is 2.38. The van der Waals surface area contributed by atoms with E-state index < -0.39 is 5.72 Å². The lowest BCUT2D eigenvalue weighted by molar-refractivity contribution is -0.0835. The Labute approximate surface area is 179 Å². The molecule has 3 rings (SSSR count). The van der Waals surface area contributed by atoms with Crippen LogP contribution in [0.3, 0.4) is 0 Å². The summed E-state index contributed by atoms with van der Waals surface area (Å²) in [6.45, 7) is 11.8. The van der Waals surface area contributed by atoms with E-state index in [1.165, 1.54) is 0 Å². The molecule has 1 unspecified atom stereocenters. The van der Waals surface area contributed by atoms with Crippen LogP contribution in [0, 0.1) is 6.92 Å². The summed E-state index contributed by atoms with van der Waals surface area (Å²) < 4.78 is 6.74. The molecule has 0 bridgehead atoms. The molecule has 2 aromatic rings. The zero-order valence-corrected chi connectivity index (χ0v) is 18.5. The van der Waals surface area contributed by atoms with Crippen LogP contribution >= 0.6 is 24.0 Å². The van der Waals surface area contributed by atoms with Crippen LogP contribution in [-0.4, -0.2) is 36.2 Å². The fraction of sp³-hybridized carbons (Fsp3) is 0.455. The van der Waals surface area contributed by atoms with Crippen molar-refractivity contribution < 1.29 is 9.84 Å². The van der Waals surface area contributed by atoms with Crippen LogP contribution < -0.4 is 10.1 Å². The van der Waals surface area contributed by atoms with E-state index in [1.807, 2.05) is 37.3 Å². The van der Waals surface area contributed by atoms with E-state index in [2.05, 4.69) is 37.1 Å². The van der Waals surface area contributed by atoms with Crippen LogP contribution in [0.1, 0.15) is 43.4 Å². The van der Waals surface area contributed by atoms with Crippen molar-refractivity contribution >= 4 is 24.0 Å². The molecule has 1 fully saturated rings. The Morgan fingerprint density at radius 2 is 1.86 bits per heavy atom. The van der Waals surface area contributed by atoms with Gasteiger partial charge in [0.15, 0.2) is 5.72 Å². The van der Waals surface area contributed by atoms with Gasteiger partial charge in [0, 0.05) is 42.3 Å². The van der Waals surface area contributed by atoms with Crippen molar-refractivity contribution in [2.24, 2.45) is 0 Å². The minimum atomic E-state index is -0.653. The van der Waals surface area contributed by atoms with Crippen molar-refractivity contribution in [1.82, 2.24) is 10.2 Å². The number of ether oxygens (including phenoxy) is 1. The van der Waals surface area contributed by atoms with Gasteiger partial charge in [-0.2, -0.15) is 0 Å². The van der Waals surface area contributed by atoms with Crippen molar-refractivity contribution in [3.63, 3.8) is 0 Å². The monoisotopic (exact) mass is 424 g/mol. The van der Waals surface area contributed by atoms with Crippen LogP contribution in [0.2, 0.25) is 5.02 Å². The highest BCUT2D eigenvalue weighted by molar-refractivity contribution is 6.30. The summed E-state index contributed by atoms with van der Waals surface area (Å²) in [4.78, 5) is 2.35. The van der Waals surface area contributed by atoms with E-state index in [0.717, 1.165) is 48.6 Å². The normalized spacial score (nSPS) is 17.1. The number of aryl methyl sites for hydroxylation is 1. The largest absolute Gasteiger partial charge is 0.508 e. The molecule has 2 N–H and O–H groups in total. The topological polar surface area (TPSA) is 44.7 Å². The Balaban J connectivity index is 0.00000280. The van der Waals surface area contributed by atoms with E-state index in [-0.39, 0.29) is 18.3 Å². The van der Waals surface area contributed by atoms with Gasteiger partial charge in [-0.15, -0.1) is 12.4 Å². The van der Waals surface area contributed by atoms with Crippen LogP contribution in [0.25, 0.3) is 0 Å². The summed E-state index contributed by atoms with van der Waals surface area (Å²) in [6.07, 6.45) is 0. The number of aromatic hydroxyl groups is 1. The van der Waals surface area contributed by atoms with E-state index in [1.54, 1.807) is 0 Å². The molecule has 4 nitrogen and oxygen atoms in total. The lowest BCUT2D eigenvalue weighted by atomic mass is 9.98. The smallest absolute Gasteiger partial charge is 0.187 e. The predicted molar refractivity (Wildman–Crippen MR) is 118 cm³/mol. The molecule has 0 radical (unpaired) electrons. The molecular weight excluding hydrogens is 395 g/mol. The molecular formula is C22H30Cl2N2O2. The van der Waals surface area contributed by atoms with Gasteiger partial charge in [0.25, 0.3) is 0 Å². The minimum Gasteiger partial charge on any atom is -0.508 e. The van der Waals surface area contributed by atoms with Crippen LogP contribution in [0.5, 0.6) is 11.5 Å². The summed E-state index contributed by atoms with van der Waals surface area (Å²) in [7, 11) is 0. The summed E-state index contributed by atoms with van der Waals surface area (Å²) >= 11 is 6.30. The van der Waals surface area contributed by atoms with Gasteiger partial charge in [-0.25, -0.2) is 0 Å². The van der Waals surface area contributed by atoms with Crippen LogP contribution in [0.15, 0.2) is 36.4 Å². The predicted octanol–water partition coefficient (Wildman–Crippen LogP) is 5.06. The third-order valence-electron chi connectivity index (χ3n) is 5.34. The molecule has 1 saturated heterocycles. The van der Waals surface area contributed by atoms with Crippen LogP contribution in [0.4, 0.5) is 0 Å². The van der Waals surface area contributed by atoms with Gasteiger partial charge in [-0.05, 0) is 49.6 Å². The molecule has 1 heterocycles. The summed E-state index contributed by atoms with van der Waals surface area (Å²) in [6, 6.07) is 11.7. The van der Waals surface area contributed by atoms with E-state index in [4.69, 9.17) is 16.3 Å². The Kier molecular flexibility index (Phi) is 7.63. The zero-order valence-electron chi connectivity index (χ0n) is 17.0. The number of hydrogen-bond acceptors (Lipinski definition) is 4. The molecule has 0 saturated carbocycles. The standard InChI is InChI=1S/C22H29ClN2O2.ClH/c1-15(2)19-14-20(26)16(3)12-21(19)27-22(4,25-10-8-24-9-11-25)17-6-5-7-18(23)13-17;/h5-7,12-15,24,26H,8-11H2,1-4H3;1H. The molecule has 1 aliphatic heterocycles. The first-order valence-electron chi connectivity index (χ1n) is 9.55.